The van der Waals surface area contributed by atoms with Crippen LogP contribution in [0, 0.1) is 11.8 Å². The smallest absolute Gasteiger partial charge is 0.341 e. The number of methoxy groups -OCH3 is 2. The molecule has 1 aromatic rings. The highest BCUT2D eigenvalue weighted by Gasteiger charge is 2.14. The summed E-state index contributed by atoms with van der Waals surface area (Å²) < 4.78 is 9.96. The van der Waals surface area contributed by atoms with Crippen LogP contribution in [0.4, 0.5) is 0 Å². The van der Waals surface area contributed by atoms with Gasteiger partial charge < -0.3 is 9.47 Å². The molecule has 0 aliphatic carbocycles. The van der Waals surface area contributed by atoms with Crippen molar-refractivity contribution in [2.75, 3.05) is 14.2 Å². The van der Waals surface area contributed by atoms with Crippen molar-refractivity contribution < 1.29 is 14.3 Å². The van der Waals surface area contributed by atoms with E-state index in [1.807, 2.05) is 6.07 Å². The number of carbonyl (C=O) groups is 1. The van der Waals surface area contributed by atoms with Crippen LogP contribution in [-0.2, 0) is 4.74 Å². The van der Waals surface area contributed by atoms with Gasteiger partial charge in [-0.3, -0.25) is 0 Å². The molecule has 3 heteroatoms. The van der Waals surface area contributed by atoms with Gasteiger partial charge in [-0.2, -0.15) is 0 Å². The molecule has 0 heterocycles. The average molecular weight is 246 g/mol. The molecule has 0 bridgehead atoms. The topological polar surface area (TPSA) is 35.5 Å². The molecule has 0 aliphatic rings. The largest absolute Gasteiger partial charge is 0.495 e. The van der Waals surface area contributed by atoms with Crippen LogP contribution < -0.4 is 4.74 Å². The molecule has 0 radical (unpaired) electrons. The van der Waals surface area contributed by atoms with Crippen molar-refractivity contribution in [2.24, 2.45) is 0 Å². The van der Waals surface area contributed by atoms with Gasteiger partial charge in [0.05, 0.1) is 19.8 Å². The molecule has 0 saturated heterocycles. The summed E-state index contributed by atoms with van der Waals surface area (Å²) in [6.45, 7) is 2.13. The van der Waals surface area contributed by atoms with Gasteiger partial charge in [0.15, 0.2) is 0 Å². The number of para-hydroxylation sites is 1. The molecule has 1 rings (SSSR count). The standard InChI is InChI=1S/C15H18O3/c1-4-5-6-7-9-12-10-8-11-13(14(12)17-2)15(16)18-3/h8,10-11H,4-6H2,1-3H3. The fourth-order valence-corrected chi connectivity index (χ4v) is 1.55. The molecule has 96 valence electrons. The second-order valence-electron chi connectivity index (χ2n) is 3.78. The molecule has 0 atom stereocenters. The molecule has 0 fully saturated rings. The lowest BCUT2D eigenvalue weighted by molar-refractivity contribution is 0.0597. The molecular formula is C15H18O3. The highest BCUT2D eigenvalue weighted by Crippen LogP contribution is 2.23. The van der Waals surface area contributed by atoms with Crippen molar-refractivity contribution in [1.82, 2.24) is 0 Å². The molecule has 0 N–H and O–H groups in total. The maximum atomic E-state index is 11.6. The van der Waals surface area contributed by atoms with E-state index in [1.54, 1.807) is 12.1 Å². The van der Waals surface area contributed by atoms with Crippen molar-refractivity contribution >= 4 is 5.97 Å². The van der Waals surface area contributed by atoms with Gasteiger partial charge in [0.1, 0.15) is 11.3 Å². The first-order valence-corrected chi connectivity index (χ1v) is 5.98. The van der Waals surface area contributed by atoms with Crippen LogP contribution in [0.5, 0.6) is 5.75 Å². The van der Waals surface area contributed by atoms with Gasteiger partial charge in [0.25, 0.3) is 0 Å². The summed E-state index contributed by atoms with van der Waals surface area (Å²) in [6.07, 6.45) is 3.04. The van der Waals surface area contributed by atoms with E-state index in [4.69, 9.17) is 9.47 Å². The molecule has 18 heavy (non-hydrogen) atoms. The Morgan fingerprint density at radius 1 is 1.33 bits per heavy atom. The molecule has 0 spiro atoms. The summed E-state index contributed by atoms with van der Waals surface area (Å²) >= 11 is 0. The molecule has 0 aliphatic heterocycles. The first-order chi connectivity index (χ1) is 8.74. The second-order valence-corrected chi connectivity index (χ2v) is 3.78. The lowest BCUT2D eigenvalue weighted by atomic mass is 10.1. The molecule has 0 unspecified atom stereocenters. The number of ether oxygens (including phenoxy) is 2. The van der Waals surface area contributed by atoms with Crippen LogP contribution in [0.1, 0.15) is 42.1 Å². The van der Waals surface area contributed by atoms with Gasteiger partial charge in [-0.1, -0.05) is 31.3 Å². The van der Waals surface area contributed by atoms with E-state index in [-0.39, 0.29) is 0 Å². The van der Waals surface area contributed by atoms with E-state index >= 15 is 0 Å². The van der Waals surface area contributed by atoms with Crippen molar-refractivity contribution in [3.63, 3.8) is 0 Å². The van der Waals surface area contributed by atoms with Crippen LogP contribution in [-0.4, -0.2) is 20.2 Å². The predicted molar refractivity (Wildman–Crippen MR) is 70.7 cm³/mol. The minimum absolute atomic E-state index is 0.405. The van der Waals surface area contributed by atoms with E-state index in [0.717, 1.165) is 24.8 Å². The molecule has 3 nitrogen and oxygen atoms in total. The van der Waals surface area contributed by atoms with Crippen molar-refractivity contribution in [3.8, 4) is 17.6 Å². The molecule has 0 saturated carbocycles. The summed E-state index contributed by atoms with van der Waals surface area (Å²) in [5, 5.41) is 0. The number of hydrogen-bond acceptors (Lipinski definition) is 3. The highest BCUT2D eigenvalue weighted by molar-refractivity contribution is 5.93. The Hall–Kier alpha value is -1.95. The third-order valence-corrected chi connectivity index (χ3v) is 2.50. The van der Waals surface area contributed by atoms with Crippen LogP contribution in [0.15, 0.2) is 18.2 Å². The zero-order valence-corrected chi connectivity index (χ0v) is 11.1. The zero-order chi connectivity index (χ0) is 13.4. The average Bonchev–Trinajstić information content (AvgIpc) is 2.42. The summed E-state index contributed by atoms with van der Waals surface area (Å²) in [5.74, 6) is 6.18. The first-order valence-electron chi connectivity index (χ1n) is 5.98. The van der Waals surface area contributed by atoms with Crippen molar-refractivity contribution in [3.05, 3.63) is 29.3 Å². The van der Waals surface area contributed by atoms with E-state index in [0.29, 0.717) is 11.3 Å². The lowest BCUT2D eigenvalue weighted by Gasteiger charge is -2.08. The van der Waals surface area contributed by atoms with Gasteiger partial charge in [0, 0.05) is 6.42 Å². The quantitative estimate of drug-likeness (QED) is 0.465. The fraction of sp³-hybridized carbons (Fsp3) is 0.400. The molecule has 0 aromatic heterocycles. The van der Waals surface area contributed by atoms with Crippen LogP contribution >= 0.6 is 0 Å². The van der Waals surface area contributed by atoms with Gasteiger partial charge >= 0.3 is 5.97 Å². The van der Waals surface area contributed by atoms with E-state index in [1.165, 1.54) is 14.2 Å². The minimum atomic E-state index is -0.413. The Balaban J connectivity index is 3.04. The van der Waals surface area contributed by atoms with Crippen molar-refractivity contribution in [2.45, 2.75) is 26.2 Å². The molecule has 1 aromatic carbocycles. The third kappa shape index (κ3) is 3.53. The number of hydrogen-bond donors (Lipinski definition) is 0. The zero-order valence-electron chi connectivity index (χ0n) is 11.1. The van der Waals surface area contributed by atoms with E-state index in [9.17, 15) is 4.79 Å². The summed E-state index contributed by atoms with van der Waals surface area (Å²) in [6, 6.07) is 5.28. The Labute approximate surface area is 108 Å². The predicted octanol–water partition coefficient (Wildman–Crippen LogP) is 3.02. The Bertz CT molecular complexity index is 466. The van der Waals surface area contributed by atoms with Crippen LogP contribution in [0.25, 0.3) is 0 Å². The number of esters is 1. The summed E-state index contributed by atoms with van der Waals surface area (Å²) in [7, 11) is 2.88. The minimum Gasteiger partial charge on any atom is -0.495 e. The maximum Gasteiger partial charge on any atom is 0.341 e. The first kappa shape index (κ1) is 14.1. The molecule has 0 amide bonds. The monoisotopic (exact) mass is 246 g/mol. The Morgan fingerprint density at radius 3 is 2.72 bits per heavy atom. The Morgan fingerprint density at radius 2 is 2.11 bits per heavy atom. The number of rotatable bonds is 4. The second kappa shape index (κ2) is 7.39. The van der Waals surface area contributed by atoms with Crippen molar-refractivity contribution in [1.29, 1.82) is 0 Å². The van der Waals surface area contributed by atoms with Gasteiger partial charge in [-0.15, -0.1) is 0 Å². The fourth-order valence-electron chi connectivity index (χ4n) is 1.55. The summed E-state index contributed by atoms with van der Waals surface area (Å²) in [4.78, 5) is 11.6. The van der Waals surface area contributed by atoms with E-state index < -0.39 is 5.97 Å². The van der Waals surface area contributed by atoms with Gasteiger partial charge in [0.2, 0.25) is 0 Å². The lowest BCUT2D eigenvalue weighted by Crippen LogP contribution is -2.05. The van der Waals surface area contributed by atoms with Gasteiger partial charge in [-0.05, 0) is 18.6 Å². The third-order valence-electron chi connectivity index (χ3n) is 2.50. The SMILES string of the molecule is CCCCC#Cc1cccc(C(=O)OC)c1OC. The number of benzene rings is 1. The number of unbranched alkanes of at least 4 members (excludes halogenated alkanes) is 2. The maximum absolute atomic E-state index is 11.6. The van der Waals surface area contributed by atoms with Crippen LogP contribution in [0.2, 0.25) is 0 Å². The highest BCUT2D eigenvalue weighted by atomic mass is 16.5. The van der Waals surface area contributed by atoms with Gasteiger partial charge in [-0.25, -0.2) is 4.79 Å². The molecular weight excluding hydrogens is 228 g/mol. The van der Waals surface area contributed by atoms with Crippen LogP contribution in [0.3, 0.4) is 0 Å². The van der Waals surface area contributed by atoms with E-state index in [2.05, 4.69) is 18.8 Å². The summed E-state index contributed by atoms with van der Waals surface area (Å²) in [5.41, 5.74) is 1.12. The Kier molecular flexibility index (Phi) is 5.79. The normalized spacial score (nSPS) is 9.28. The number of carbonyl (C=O) groups excluding carboxylic acids is 1.